The van der Waals surface area contributed by atoms with E-state index in [1.54, 1.807) is 19.1 Å². The van der Waals surface area contributed by atoms with Crippen LogP contribution in [0.4, 0.5) is 18.9 Å². The molecule has 0 spiro atoms. The number of hydrogen-bond donors (Lipinski definition) is 1. The lowest BCUT2D eigenvalue weighted by Gasteiger charge is -2.09. The van der Waals surface area contributed by atoms with Gasteiger partial charge in [0.15, 0.2) is 0 Å². The first-order valence-corrected chi connectivity index (χ1v) is 5.51. The maximum absolute atomic E-state index is 13.3. The largest absolute Gasteiger partial charge is 0.381 e. The first-order chi connectivity index (χ1) is 8.58. The van der Waals surface area contributed by atoms with Crippen LogP contribution >= 0.6 is 0 Å². The fourth-order valence-corrected chi connectivity index (χ4v) is 1.59. The van der Waals surface area contributed by atoms with Crippen molar-refractivity contribution in [2.75, 3.05) is 5.32 Å². The van der Waals surface area contributed by atoms with E-state index in [1.807, 2.05) is 0 Å². The van der Waals surface area contributed by atoms with Gasteiger partial charge in [0.25, 0.3) is 0 Å². The predicted octanol–water partition coefficient (Wildman–Crippen LogP) is 4.02. The molecular weight excluding hydrogens is 239 g/mol. The van der Waals surface area contributed by atoms with Gasteiger partial charge in [-0.2, -0.15) is 0 Å². The van der Waals surface area contributed by atoms with E-state index in [-0.39, 0.29) is 17.9 Å². The van der Waals surface area contributed by atoms with E-state index >= 15 is 0 Å². The second-order valence-electron chi connectivity index (χ2n) is 4.02. The molecule has 0 bridgehead atoms. The highest BCUT2D eigenvalue weighted by Gasteiger charge is 2.08. The van der Waals surface area contributed by atoms with E-state index in [0.29, 0.717) is 11.3 Å². The molecule has 0 amide bonds. The second kappa shape index (κ2) is 5.12. The van der Waals surface area contributed by atoms with Gasteiger partial charge in [-0.25, -0.2) is 13.2 Å². The molecule has 1 N–H and O–H groups in total. The van der Waals surface area contributed by atoms with Crippen LogP contribution in [0, 0.1) is 24.4 Å². The van der Waals surface area contributed by atoms with Crippen molar-refractivity contribution in [2.45, 2.75) is 13.5 Å². The molecule has 0 saturated heterocycles. The van der Waals surface area contributed by atoms with E-state index in [0.717, 1.165) is 0 Å². The maximum atomic E-state index is 13.3. The molecule has 2 aromatic rings. The monoisotopic (exact) mass is 251 g/mol. The molecule has 0 aliphatic rings. The molecule has 0 heterocycles. The maximum Gasteiger partial charge on any atom is 0.131 e. The molecule has 94 valence electrons. The van der Waals surface area contributed by atoms with E-state index in [4.69, 9.17) is 0 Å². The average Bonchev–Trinajstić information content (AvgIpc) is 2.33. The fourth-order valence-electron chi connectivity index (χ4n) is 1.59. The smallest absolute Gasteiger partial charge is 0.131 e. The molecule has 2 rings (SSSR count). The van der Waals surface area contributed by atoms with Crippen LogP contribution in [-0.4, -0.2) is 0 Å². The van der Waals surface area contributed by atoms with Crippen molar-refractivity contribution in [2.24, 2.45) is 0 Å². The van der Waals surface area contributed by atoms with E-state index in [1.165, 1.54) is 24.3 Å². The minimum absolute atomic E-state index is 0.0268. The Bertz CT molecular complexity index is 547. The van der Waals surface area contributed by atoms with Gasteiger partial charge < -0.3 is 5.32 Å². The quantitative estimate of drug-likeness (QED) is 0.868. The lowest BCUT2D eigenvalue weighted by atomic mass is 10.1. The van der Waals surface area contributed by atoms with Gasteiger partial charge in [-0.15, -0.1) is 0 Å². The minimum atomic E-state index is -0.616. The molecule has 1 nitrogen and oxygen atoms in total. The zero-order valence-electron chi connectivity index (χ0n) is 9.81. The van der Waals surface area contributed by atoms with Crippen molar-refractivity contribution in [3.63, 3.8) is 0 Å². The fraction of sp³-hybridized carbons (Fsp3) is 0.143. The summed E-state index contributed by atoms with van der Waals surface area (Å²) < 4.78 is 40.0. The van der Waals surface area contributed by atoms with Gasteiger partial charge in [0.05, 0.1) is 0 Å². The summed E-state index contributed by atoms with van der Waals surface area (Å²) in [6.45, 7) is 1.62. The Hall–Kier alpha value is -1.97. The normalized spacial score (nSPS) is 10.4. The highest BCUT2D eigenvalue weighted by molar-refractivity contribution is 5.45. The summed E-state index contributed by atoms with van der Waals surface area (Å²) in [5.41, 5.74) is 0.955. The van der Waals surface area contributed by atoms with E-state index in [9.17, 15) is 13.2 Å². The molecular formula is C14H12F3N. The van der Waals surface area contributed by atoms with Gasteiger partial charge in [-0.05, 0) is 36.8 Å². The molecule has 18 heavy (non-hydrogen) atoms. The molecule has 0 aromatic heterocycles. The zero-order chi connectivity index (χ0) is 13.1. The standard InChI is InChI=1S/C14H12F3N/c1-9-5-6-10(7-14(9)17)18-8-11-12(15)3-2-4-13(11)16/h2-7,18H,8H2,1H3. The molecule has 0 atom stereocenters. The van der Waals surface area contributed by atoms with Crippen molar-refractivity contribution in [1.82, 2.24) is 0 Å². The first-order valence-electron chi connectivity index (χ1n) is 5.51. The Morgan fingerprint density at radius 1 is 0.944 bits per heavy atom. The Morgan fingerprint density at radius 3 is 2.22 bits per heavy atom. The third-order valence-corrected chi connectivity index (χ3v) is 2.70. The van der Waals surface area contributed by atoms with Crippen LogP contribution < -0.4 is 5.32 Å². The average molecular weight is 251 g/mol. The van der Waals surface area contributed by atoms with Crippen LogP contribution in [0.25, 0.3) is 0 Å². The number of nitrogens with one attached hydrogen (secondary N) is 1. The predicted molar refractivity (Wildman–Crippen MR) is 64.8 cm³/mol. The lowest BCUT2D eigenvalue weighted by Crippen LogP contribution is -2.04. The molecule has 0 fully saturated rings. The van der Waals surface area contributed by atoms with Crippen LogP contribution in [-0.2, 0) is 6.54 Å². The van der Waals surface area contributed by atoms with Crippen molar-refractivity contribution >= 4 is 5.69 Å². The zero-order valence-corrected chi connectivity index (χ0v) is 9.81. The molecule has 0 saturated carbocycles. The number of rotatable bonds is 3. The minimum Gasteiger partial charge on any atom is -0.381 e. The summed E-state index contributed by atoms with van der Waals surface area (Å²) in [6, 6.07) is 8.26. The van der Waals surface area contributed by atoms with Gasteiger partial charge in [0, 0.05) is 17.8 Å². The Morgan fingerprint density at radius 2 is 1.61 bits per heavy atom. The SMILES string of the molecule is Cc1ccc(NCc2c(F)cccc2F)cc1F. The Labute approximate surface area is 103 Å². The van der Waals surface area contributed by atoms with Crippen LogP contribution in [0.15, 0.2) is 36.4 Å². The Kier molecular flexibility index (Phi) is 3.55. The van der Waals surface area contributed by atoms with E-state index < -0.39 is 11.6 Å². The summed E-state index contributed by atoms with van der Waals surface area (Å²) in [7, 11) is 0. The van der Waals surface area contributed by atoms with Gasteiger partial charge >= 0.3 is 0 Å². The van der Waals surface area contributed by atoms with Gasteiger partial charge in [-0.1, -0.05) is 12.1 Å². The summed E-state index contributed by atoms with van der Waals surface area (Å²) in [6.07, 6.45) is 0. The number of anilines is 1. The van der Waals surface area contributed by atoms with Crippen LogP contribution in [0.1, 0.15) is 11.1 Å². The molecule has 4 heteroatoms. The summed E-state index contributed by atoms with van der Waals surface area (Å²) in [5, 5.41) is 2.79. The van der Waals surface area contributed by atoms with Crippen LogP contribution in [0.3, 0.4) is 0 Å². The first kappa shape index (κ1) is 12.5. The summed E-state index contributed by atoms with van der Waals surface area (Å²) in [4.78, 5) is 0. The van der Waals surface area contributed by atoms with Crippen LogP contribution in [0.2, 0.25) is 0 Å². The summed E-state index contributed by atoms with van der Waals surface area (Å²) >= 11 is 0. The van der Waals surface area contributed by atoms with Crippen molar-refractivity contribution in [1.29, 1.82) is 0 Å². The third-order valence-electron chi connectivity index (χ3n) is 2.70. The number of halogens is 3. The van der Waals surface area contributed by atoms with Gasteiger partial charge in [-0.3, -0.25) is 0 Å². The molecule has 0 aliphatic heterocycles. The molecule has 0 unspecified atom stereocenters. The number of hydrogen-bond acceptors (Lipinski definition) is 1. The highest BCUT2D eigenvalue weighted by atomic mass is 19.1. The molecule has 0 aliphatic carbocycles. The van der Waals surface area contributed by atoms with Crippen molar-refractivity contribution in [3.05, 3.63) is 65.0 Å². The van der Waals surface area contributed by atoms with Gasteiger partial charge in [0.2, 0.25) is 0 Å². The lowest BCUT2D eigenvalue weighted by molar-refractivity contribution is 0.560. The topological polar surface area (TPSA) is 12.0 Å². The number of benzene rings is 2. The molecule has 0 radical (unpaired) electrons. The molecule has 2 aromatic carbocycles. The van der Waals surface area contributed by atoms with E-state index in [2.05, 4.69) is 5.32 Å². The van der Waals surface area contributed by atoms with Gasteiger partial charge in [0.1, 0.15) is 17.5 Å². The third kappa shape index (κ3) is 2.64. The Balaban J connectivity index is 2.14. The highest BCUT2D eigenvalue weighted by Crippen LogP contribution is 2.17. The second-order valence-corrected chi connectivity index (χ2v) is 4.02. The van der Waals surface area contributed by atoms with Crippen molar-refractivity contribution in [3.8, 4) is 0 Å². The summed E-state index contributed by atoms with van der Waals surface area (Å²) in [5.74, 6) is -1.58. The number of aryl methyl sites for hydroxylation is 1. The van der Waals surface area contributed by atoms with Crippen LogP contribution in [0.5, 0.6) is 0 Å². The van der Waals surface area contributed by atoms with Crippen molar-refractivity contribution < 1.29 is 13.2 Å².